The van der Waals surface area contributed by atoms with Gasteiger partial charge in [-0.1, -0.05) is 50.7 Å². The summed E-state index contributed by atoms with van der Waals surface area (Å²) in [7, 11) is -2.98. The number of carbonyl (C=O) groups excluding carboxylic acids is 1. The van der Waals surface area contributed by atoms with E-state index in [9.17, 15) is 13.2 Å². The summed E-state index contributed by atoms with van der Waals surface area (Å²) >= 11 is 21.2. The monoisotopic (exact) mass is 485 g/mol. The Bertz CT molecular complexity index is 921. The second kappa shape index (κ2) is 8.14. The number of rotatable bonds is 5. The fourth-order valence-electron chi connectivity index (χ4n) is 1.93. The first kappa shape index (κ1) is 20.3. The van der Waals surface area contributed by atoms with Crippen LogP contribution in [0.2, 0.25) is 15.1 Å². The Kier molecular flexibility index (Phi) is 6.62. The molecule has 0 fully saturated rings. The molecule has 0 atom stereocenters. The van der Waals surface area contributed by atoms with Crippen molar-refractivity contribution in [1.82, 2.24) is 0 Å². The van der Waals surface area contributed by atoms with E-state index in [2.05, 4.69) is 20.7 Å². The number of sulfonamides is 1. The average Bonchev–Trinajstić information content (AvgIpc) is 2.55. The summed E-state index contributed by atoms with van der Waals surface area (Å²) < 4.78 is 32.2. The van der Waals surface area contributed by atoms with E-state index < -0.39 is 22.5 Å². The molecule has 2 aromatic rings. The number of benzene rings is 2. The molecule has 0 amide bonds. The Balaban J connectivity index is 2.61. The Morgan fingerprint density at radius 3 is 2.32 bits per heavy atom. The van der Waals surface area contributed by atoms with Gasteiger partial charge in [-0.2, -0.15) is 0 Å². The smallest absolute Gasteiger partial charge is 0.326 e. The zero-order valence-corrected chi connectivity index (χ0v) is 17.3. The van der Waals surface area contributed by atoms with E-state index in [0.29, 0.717) is 4.47 Å². The minimum atomic E-state index is -4.14. The number of hydrogen-bond donors (Lipinski definition) is 0. The molecule has 134 valence electrons. The third-order valence-electron chi connectivity index (χ3n) is 3.16. The molecule has 0 bridgehead atoms. The van der Waals surface area contributed by atoms with Crippen LogP contribution in [0.3, 0.4) is 0 Å². The van der Waals surface area contributed by atoms with Gasteiger partial charge in [0.15, 0.2) is 0 Å². The van der Waals surface area contributed by atoms with Crippen molar-refractivity contribution < 1.29 is 17.9 Å². The topological polar surface area (TPSA) is 63.7 Å². The third-order valence-corrected chi connectivity index (χ3v) is 6.45. The molecule has 2 aromatic carbocycles. The summed E-state index contributed by atoms with van der Waals surface area (Å²) in [5, 5.41) is 0.423. The first-order valence-electron chi connectivity index (χ1n) is 6.66. The number of nitrogens with zero attached hydrogens (tertiary/aromatic N) is 1. The number of hydrogen-bond acceptors (Lipinski definition) is 4. The Morgan fingerprint density at radius 2 is 1.76 bits per heavy atom. The van der Waals surface area contributed by atoms with E-state index >= 15 is 0 Å². The summed E-state index contributed by atoms with van der Waals surface area (Å²) in [6.07, 6.45) is 0. The Morgan fingerprint density at radius 1 is 1.08 bits per heavy atom. The highest BCUT2D eigenvalue weighted by atomic mass is 79.9. The molecule has 0 saturated heterocycles. The molecule has 0 radical (unpaired) electrons. The lowest BCUT2D eigenvalue weighted by Crippen LogP contribution is -2.36. The number of carbonyl (C=O) groups is 1. The second-order valence-corrected chi connectivity index (χ2v) is 8.76. The van der Waals surface area contributed by atoms with Crippen LogP contribution in [0.15, 0.2) is 45.8 Å². The van der Waals surface area contributed by atoms with Crippen LogP contribution in [0.1, 0.15) is 0 Å². The van der Waals surface area contributed by atoms with Crippen molar-refractivity contribution in [3.05, 3.63) is 55.9 Å². The highest BCUT2D eigenvalue weighted by Crippen LogP contribution is 2.34. The lowest BCUT2D eigenvalue weighted by molar-refractivity contribution is -0.138. The van der Waals surface area contributed by atoms with Gasteiger partial charge in [0.05, 0.1) is 32.8 Å². The maximum absolute atomic E-state index is 13.0. The van der Waals surface area contributed by atoms with Gasteiger partial charge in [0.2, 0.25) is 0 Å². The van der Waals surface area contributed by atoms with Gasteiger partial charge in [0, 0.05) is 4.47 Å². The van der Waals surface area contributed by atoms with Gasteiger partial charge < -0.3 is 4.74 Å². The van der Waals surface area contributed by atoms with Gasteiger partial charge in [0.25, 0.3) is 10.0 Å². The highest BCUT2D eigenvalue weighted by Gasteiger charge is 2.29. The lowest BCUT2D eigenvalue weighted by Gasteiger charge is -2.24. The van der Waals surface area contributed by atoms with Crippen LogP contribution in [0.4, 0.5) is 5.69 Å². The summed E-state index contributed by atoms with van der Waals surface area (Å²) in [5.74, 6) is -0.748. The van der Waals surface area contributed by atoms with Crippen LogP contribution < -0.4 is 4.31 Å². The molecule has 0 aliphatic carbocycles. The van der Waals surface area contributed by atoms with E-state index in [-0.39, 0.29) is 25.7 Å². The van der Waals surface area contributed by atoms with Crippen molar-refractivity contribution in [2.24, 2.45) is 0 Å². The van der Waals surface area contributed by atoms with Crippen LogP contribution in [-0.4, -0.2) is 28.0 Å². The van der Waals surface area contributed by atoms with Crippen molar-refractivity contribution in [1.29, 1.82) is 0 Å². The molecule has 0 aromatic heterocycles. The summed E-state index contributed by atoms with van der Waals surface area (Å²) in [5.41, 5.74) is 0.126. The van der Waals surface area contributed by atoms with Crippen LogP contribution in [-0.2, 0) is 19.6 Å². The predicted octanol–water partition coefficient (Wildman–Crippen LogP) is 4.78. The van der Waals surface area contributed by atoms with Gasteiger partial charge >= 0.3 is 5.97 Å². The minimum absolute atomic E-state index is 0.0719. The SMILES string of the molecule is COC(=O)CN(c1ccc(Br)cc1Cl)S(=O)(=O)c1ccc(Cl)c(Cl)c1. The molecule has 0 spiro atoms. The molecule has 5 nitrogen and oxygen atoms in total. The molecule has 2 rings (SSSR count). The summed E-state index contributed by atoms with van der Waals surface area (Å²) in [6, 6.07) is 8.46. The van der Waals surface area contributed by atoms with Crippen LogP contribution in [0.25, 0.3) is 0 Å². The van der Waals surface area contributed by atoms with Crippen molar-refractivity contribution in [2.45, 2.75) is 4.90 Å². The van der Waals surface area contributed by atoms with Crippen LogP contribution in [0.5, 0.6) is 0 Å². The fraction of sp³-hybridized carbons (Fsp3) is 0.133. The molecule has 0 aliphatic rings. The highest BCUT2D eigenvalue weighted by molar-refractivity contribution is 9.10. The van der Waals surface area contributed by atoms with Crippen molar-refractivity contribution in [2.75, 3.05) is 18.0 Å². The number of anilines is 1. The number of methoxy groups -OCH3 is 1. The third kappa shape index (κ3) is 4.60. The van der Waals surface area contributed by atoms with Crippen LogP contribution in [0, 0.1) is 0 Å². The van der Waals surface area contributed by atoms with Gasteiger partial charge in [-0.15, -0.1) is 0 Å². The Labute approximate surface area is 168 Å². The second-order valence-electron chi connectivity index (χ2n) is 4.76. The number of halogens is 4. The molecule has 0 heterocycles. The van der Waals surface area contributed by atoms with E-state index in [1.54, 1.807) is 6.07 Å². The van der Waals surface area contributed by atoms with Gasteiger partial charge in [-0.25, -0.2) is 8.42 Å². The minimum Gasteiger partial charge on any atom is -0.468 e. The standard InChI is InChI=1S/C15H11BrCl3NO4S/c1-24-15(21)8-20(14-5-2-9(16)6-13(14)19)25(22,23)10-3-4-11(17)12(18)7-10/h2-7H,8H2,1H3. The average molecular weight is 488 g/mol. The quantitative estimate of drug-likeness (QED) is 0.570. The van der Waals surface area contributed by atoms with Crippen molar-refractivity contribution in [3.8, 4) is 0 Å². The van der Waals surface area contributed by atoms with Gasteiger partial charge in [-0.05, 0) is 36.4 Å². The number of ether oxygens (including phenoxy) is 1. The maximum Gasteiger partial charge on any atom is 0.326 e. The molecule has 0 aliphatic heterocycles. The lowest BCUT2D eigenvalue weighted by atomic mass is 10.3. The largest absolute Gasteiger partial charge is 0.468 e. The summed E-state index contributed by atoms with van der Waals surface area (Å²) in [6.45, 7) is -0.555. The molecular formula is C15H11BrCl3NO4S. The van der Waals surface area contributed by atoms with Crippen molar-refractivity contribution in [3.63, 3.8) is 0 Å². The first-order valence-corrected chi connectivity index (χ1v) is 10.0. The predicted molar refractivity (Wildman–Crippen MR) is 102 cm³/mol. The zero-order valence-electron chi connectivity index (χ0n) is 12.7. The molecule has 0 N–H and O–H groups in total. The van der Waals surface area contributed by atoms with E-state index in [4.69, 9.17) is 34.8 Å². The molecular weight excluding hydrogens is 476 g/mol. The maximum atomic E-state index is 13.0. The molecule has 25 heavy (non-hydrogen) atoms. The van der Waals surface area contributed by atoms with E-state index in [1.807, 2.05) is 0 Å². The summed E-state index contributed by atoms with van der Waals surface area (Å²) in [4.78, 5) is 11.6. The molecule has 0 saturated carbocycles. The van der Waals surface area contributed by atoms with E-state index in [0.717, 1.165) is 11.4 Å². The Hall–Kier alpha value is -0.990. The zero-order chi connectivity index (χ0) is 18.8. The normalized spacial score (nSPS) is 11.2. The molecule has 10 heteroatoms. The first-order chi connectivity index (χ1) is 11.7. The fourth-order valence-corrected chi connectivity index (χ4v) is 4.57. The van der Waals surface area contributed by atoms with E-state index in [1.165, 1.54) is 30.3 Å². The van der Waals surface area contributed by atoms with Crippen molar-refractivity contribution >= 4 is 72.4 Å². The van der Waals surface area contributed by atoms with Gasteiger partial charge in [-0.3, -0.25) is 9.10 Å². The number of esters is 1. The molecule has 0 unspecified atom stereocenters. The van der Waals surface area contributed by atoms with Crippen LogP contribution >= 0.6 is 50.7 Å². The van der Waals surface area contributed by atoms with Gasteiger partial charge in [0.1, 0.15) is 6.54 Å².